The second-order valence-electron chi connectivity index (χ2n) is 10.3. The molecule has 11 nitrogen and oxygen atoms in total. The highest BCUT2D eigenvalue weighted by molar-refractivity contribution is 6.24. The average molecular weight is 537 g/mol. The molecule has 1 fully saturated rings. The number of nitrogens with two attached hydrogens (primary N) is 1. The van der Waals surface area contributed by atoms with Gasteiger partial charge in [0.15, 0.2) is 11.4 Å². The third-order valence-electron chi connectivity index (χ3n) is 8.08. The number of aromatic hydroxyl groups is 2. The van der Waals surface area contributed by atoms with E-state index in [-0.39, 0.29) is 35.5 Å². The van der Waals surface area contributed by atoms with Crippen molar-refractivity contribution in [3.05, 3.63) is 58.4 Å². The van der Waals surface area contributed by atoms with Crippen LogP contribution >= 0.6 is 0 Å². The summed E-state index contributed by atoms with van der Waals surface area (Å²) >= 11 is 0. The van der Waals surface area contributed by atoms with Crippen LogP contribution in [0.2, 0.25) is 0 Å². The summed E-state index contributed by atoms with van der Waals surface area (Å²) in [5.41, 5.74) is 2.96. The molecule has 0 aliphatic heterocycles. The number of rotatable bonds is 4. The highest BCUT2D eigenvalue weighted by Crippen LogP contribution is 2.54. The van der Waals surface area contributed by atoms with Crippen LogP contribution in [0.3, 0.4) is 0 Å². The maximum Gasteiger partial charge on any atom is 0.255 e. The van der Waals surface area contributed by atoms with Gasteiger partial charge in [-0.15, -0.1) is 0 Å². The number of primary amides is 1. The van der Waals surface area contributed by atoms with Crippen molar-refractivity contribution in [2.75, 3.05) is 21.2 Å². The summed E-state index contributed by atoms with van der Waals surface area (Å²) < 4.78 is 5.45. The number of benzene rings is 2. The number of fused-ring (bicyclic) bond motifs is 3. The van der Waals surface area contributed by atoms with Crippen LogP contribution < -0.4 is 10.5 Å². The summed E-state index contributed by atoms with van der Waals surface area (Å²) in [5.74, 6) is -6.77. The number of Topliss-reactive ketones (excluding diaryl/α,β-unsaturated/α-hetero) is 2. The van der Waals surface area contributed by atoms with E-state index in [4.69, 9.17) is 10.5 Å². The van der Waals surface area contributed by atoms with Gasteiger partial charge in [-0.3, -0.25) is 19.3 Å². The van der Waals surface area contributed by atoms with Crippen LogP contribution in [0.1, 0.15) is 17.5 Å². The summed E-state index contributed by atoms with van der Waals surface area (Å²) in [6, 6.07) is 6.25. The number of likely N-dealkylation sites (N-methyl/N-ethyl adjacent to an activating group) is 1. The zero-order valence-corrected chi connectivity index (χ0v) is 21.4. The molecule has 1 amide bonds. The molecule has 0 radical (unpaired) electrons. The highest BCUT2D eigenvalue weighted by Gasteiger charge is 2.64. The Labute approximate surface area is 223 Å². The van der Waals surface area contributed by atoms with Gasteiger partial charge in [-0.1, -0.05) is 6.07 Å². The molecule has 204 valence electrons. The van der Waals surface area contributed by atoms with E-state index in [1.807, 2.05) is 0 Å². The van der Waals surface area contributed by atoms with E-state index in [9.17, 15) is 39.9 Å². The molecule has 11 heteroatoms. The first-order chi connectivity index (χ1) is 18.3. The minimum Gasteiger partial charge on any atom is -0.508 e. The molecule has 1 saturated carbocycles. The third kappa shape index (κ3) is 3.53. The molecule has 2 aromatic rings. The number of hydrogen-bond acceptors (Lipinski definition) is 10. The predicted molar refractivity (Wildman–Crippen MR) is 138 cm³/mol. The molecular weight excluding hydrogens is 508 g/mol. The van der Waals surface area contributed by atoms with Crippen LogP contribution in [-0.2, 0) is 20.8 Å². The second-order valence-corrected chi connectivity index (χ2v) is 10.3. The van der Waals surface area contributed by atoms with Crippen molar-refractivity contribution in [2.45, 2.75) is 24.5 Å². The molecule has 3 aliphatic carbocycles. The van der Waals surface area contributed by atoms with Gasteiger partial charge in [0.1, 0.15) is 34.3 Å². The molecule has 0 spiro atoms. The molecule has 0 saturated heterocycles. The number of aliphatic hydroxyl groups excluding tert-OH is 2. The molecular formula is C28H28N2O9. The fourth-order valence-corrected chi connectivity index (χ4v) is 6.40. The van der Waals surface area contributed by atoms with Crippen LogP contribution in [0.15, 0.2) is 47.2 Å². The van der Waals surface area contributed by atoms with E-state index in [0.29, 0.717) is 22.4 Å². The fraction of sp³-hybridized carbons (Fsp3) is 0.321. The van der Waals surface area contributed by atoms with E-state index in [1.165, 1.54) is 44.3 Å². The Hall–Kier alpha value is -4.35. The third-order valence-corrected chi connectivity index (χ3v) is 8.08. The Morgan fingerprint density at radius 1 is 1.08 bits per heavy atom. The number of carbonyl (C=O) groups excluding carboxylic acids is 3. The minimum absolute atomic E-state index is 0.0297. The number of ether oxygens (including phenoxy) is 1. The summed E-state index contributed by atoms with van der Waals surface area (Å²) in [5, 5.41) is 54.9. The molecule has 5 rings (SSSR count). The van der Waals surface area contributed by atoms with Gasteiger partial charge in [-0.05, 0) is 68.2 Å². The van der Waals surface area contributed by atoms with Gasteiger partial charge in [0, 0.05) is 17.1 Å². The lowest BCUT2D eigenvalue weighted by atomic mass is 9.57. The van der Waals surface area contributed by atoms with Gasteiger partial charge < -0.3 is 36.0 Å². The quantitative estimate of drug-likeness (QED) is 0.311. The van der Waals surface area contributed by atoms with Gasteiger partial charge in [0.2, 0.25) is 5.78 Å². The molecule has 0 unspecified atom stereocenters. The lowest BCUT2D eigenvalue weighted by Crippen LogP contribution is -2.65. The van der Waals surface area contributed by atoms with Crippen molar-refractivity contribution >= 4 is 23.2 Å². The maximum atomic E-state index is 13.9. The number of carbonyl (C=O) groups is 3. The number of phenolic OH excluding ortho intramolecular Hbond substituents is 2. The largest absolute Gasteiger partial charge is 0.508 e. The lowest BCUT2D eigenvalue weighted by Gasteiger charge is -2.50. The van der Waals surface area contributed by atoms with E-state index in [2.05, 4.69) is 0 Å². The number of amides is 1. The number of ketones is 2. The smallest absolute Gasteiger partial charge is 0.255 e. The van der Waals surface area contributed by atoms with Crippen molar-refractivity contribution in [2.24, 2.45) is 17.6 Å². The van der Waals surface area contributed by atoms with E-state index < -0.39 is 58.0 Å². The molecule has 0 heterocycles. The number of phenols is 2. The Bertz CT molecular complexity index is 1520. The normalized spacial score (nSPS) is 26.3. The summed E-state index contributed by atoms with van der Waals surface area (Å²) in [6.45, 7) is 0. The molecule has 0 bridgehead atoms. The van der Waals surface area contributed by atoms with Crippen LogP contribution in [0.25, 0.3) is 16.9 Å². The predicted octanol–water partition coefficient (Wildman–Crippen LogP) is 1.35. The first kappa shape index (κ1) is 26.3. The number of nitrogens with zero attached hydrogens (tertiary/aromatic N) is 1. The van der Waals surface area contributed by atoms with E-state index >= 15 is 0 Å². The Balaban J connectivity index is 1.76. The van der Waals surface area contributed by atoms with E-state index in [1.54, 1.807) is 12.1 Å². The highest BCUT2D eigenvalue weighted by atomic mass is 16.5. The zero-order chi connectivity index (χ0) is 28.5. The maximum absolute atomic E-state index is 13.9. The summed E-state index contributed by atoms with van der Waals surface area (Å²) in [4.78, 5) is 40.7. The first-order valence-electron chi connectivity index (χ1n) is 12.2. The topological polar surface area (TPSA) is 191 Å². The zero-order valence-electron chi connectivity index (χ0n) is 21.4. The number of aliphatic hydroxyl groups is 3. The Morgan fingerprint density at radius 3 is 2.38 bits per heavy atom. The van der Waals surface area contributed by atoms with Gasteiger partial charge in [-0.25, -0.2) is 0 Å². The average Bonchev–Trinajstić information content (AvgIpc) is 2.86. The molecule has 39 heavy (non-hydrogen) atoms. The fourth-order valence-electron chi connectivity index (χ4n) is 6.40. The van der Waals surface area contributed by atoms with Crippen molar-refractivity contribution in [3.63, 3.8) is 0 Å². The SMILES string of the molecule is COc1ccc(O)cc1-c1ccc(O)c2c1C[C@@H]1C[C@@H]3[C@@H](N(C)C)C(=O)C(C(N)=O)=C(O)[C@]3(O)C(=O)C1=C2O. The monoisotopic (exact) mass is 536 g/mol. The lowest BCUT2D eigenvalue weighted by molar-refractivity contribution is -0.153. The van der Waals surface area contributed by atoms with Gasteiger partial charge >= 0.3 is 0 Å². The molecule has 2 aromatic carbocycles. The summed E-state index contributed by atoms with van der Waals surface area (Å²) in [7, 11) is 4.54. The van der Waals surface area contributed by atoms with Crippen molar-refractivity contribution in [3.8, 4) is 28.4 Å². The van der Waals surface area contributed by atoms with Crippen LogP contribution in [-0.4, -0.2) is 80.8 Å². The Kier molecular flexibility index (Phi) is 5.96. The number of hydrogen-bond donors (Lipinski definition) is 6. The molecule has 0 aromatic heterocycles. The standard InChI is InChI=1S/C28H28N2O9/c1-30(2)22-16-9-11-8-15-13(14-10-12(31)4-7-18(14)39-3)5-6-17(32)20(15)23(33)19(11)25(35)28(16,38)26(36)21(24(22)34)27(29)37/h4-7,10-11,16,22,31-33,36,38H,8-9H2,1-3H3,(H2,29,37)/t11-,16-,22-,28-/m1/s1. The van der Waals surface area contributed by atoms with E-state index in [0.717, 1.165) is 0 Å². The molecule has 7 N–H and O–H groups in total. The summed E-state index contributed by atoms with van der Waals surface area (Å²) in [6.07, 6.45) is 0.0785. The van der Waals surface area contributed by atoms with Gasteiger partial charge in [0.05, 0.1) is 18.7 Å². The van der Waals surface area contributed by atoms with Crippen LogP contribution in [0.4, 0.5) is 0 Å². The molecule has 3 aliphatic rings. The minimum atomic E-state index is -2.70. The van der Waals surface area contributed by atoms with Crippen LogP contribution in [0, 0.1) is 11.8 Å². The van der Waals surface area contributed by atoms with Crippen molar-refractivity contribution < 1.29 is 44.7 Å². The van der Waals surface area contributed by atoms with Crippen molar-refractivity contribution in [1.82, 2.24) is 4.90 Å². The van der Waals surface area contributed by atoms with Gasteiger partial charge in [0.25, 0.3) is 5.91 Å². The second kappa shape index (κ2) is 8.85. The van der Waals surface area contributed by atoms with Gasteiger partial charge in [-0.2, -0.15) is 0 Å². The number of methoxy groups -OCH3 is 1. The Morgan fingerprint density at radius 2 is 1.77 bits per heavy atom. The molecule has 4 atom stereocenters. The van der Waals surface area contributed by atoms with Crippen molar-refractivity contribution in [1.29, 1.82) is 0 Å². The van der Waals surface area contributed by atoms with Crippen LogP contribution in [0.5, 0.6) is 17.2 Å². The first-order valence-corrected chi connectivity index (χ1v) is 12.2.